The number of imidazole rings is 1. The van der Waals surface area contributed by atoms with Crippen LogP contribution < -0.4 is 0 Å². The highest BCUT2D eigenvalue weighted by molar-refractivity contribution is 7.91. The topological polar surface area (TPSA) is 68.1 Å². The van der Waals surface area contributed by atoms with Gasteiger partial charge >= 0.3 is 0 Å². The van der Waals surface area contributed by atoms with E-state index < -0.39 is 10.0 Å². The Bertz CT molecular complexity index is 963. The van der Waals surface area contributed by atoms with Crippen LogP contribution in [-0.4, -0.2) is 40.3 Å². The molecule has 4 heterocycles. The van der Waals surface area contributed by atoms with Crippen LogP contribution in [0.3, 0.4) is 0 Å². The van der Waals surface area contributed by atoms with Crippen molar-refractivity contribution in [3.63, 3.8) is 0 Å². The lowest BCUT2D eigenvalue weighted by molar-refractivity contribution is 0.451. The summed E-state index contributed by atoms with van der Waals surface area (Å²) in [5, 5.41) is 1.79. The van der Waals surface area contributed by atoms with Crippen molar-refractivity contribution in [3.8, 4) is 0 Å². The summed E-state index contributed by atoms with van der Waals surface area (Å²) in [7, 11) is -3.39. The van der Waals surface area contributed by atoms with Crippen LogP contribution >= 0.6 is 11.3 Å². The monoisotopic (exact) mass is 362 g/mol. The van der Waals surface area contributed by atoms with Crippen molar-refractivity contribution in [3.05, 3.63) is 41.7 Å². The molecule has 0 bridgehead atoms. The fourth-order valence-electron chi connectivity index (χ4n) is 3.29. The van der Waals surface area contributed by atoms with Gasteiger partial charge in [-0.1, -0.05) is 13.0 Å². The van der Waals surface area contributed by atoms with Crippen molar-refractivity contribution >= 4 is 32.5 Å². The molecule has 4 rings (SSSR count). The van der Waals surface area contributed by atoms with E-state index in [0.717, 1.165) is 29.8 Å². The molecule has 0 radical (unpaired) electrons. The van der Waals surface area contributed by atoms with Crippen LogP contribution in [0.5, 0.6) is 0 Å². The van der Waals surface area contributed by atoms with E-state index in [4.69, 9.17) is 0 Å². The molecule has 0 aliphatic carbocycles. The van der Waals surface area contributed by atoms with Gasteiger partial charge in [-0.15, -0.1) is 11.3 Å². The molecular weight excluding hydrogens is 344 g/mol. The third-order valence-corrected chi connectivity index (χ3v) is 7.66. The van der Waals surface area contributed by atoms with Crippen LogP contribution in [-0.2, 0) is 16.4 Å². The summed E-state index contributed by atoms with van der Waals surface area (Å²) in [5.41, 5.74) is 1.71. The zero-order valence-corrected chi connectivity index (χ0v) is 14.9. The largest absolute Gasteiger partial charge is 0.308 e. The smallest absolute Gasteiger partial charge is 0.252 e. The molecule has 0 N–H and O–H groups in total. The molecule has 1 aliphatic heterocycles. The van der Waals surface area contributed by atoms with Crippen LogP contribution in [0.2, 0.25) is 0 Å². The number of hydrogen-bond donors (Lipinski definition) is 0. The Morgan fingerprint density at radius 2 is 2.21 bits per heavy atom. The molecule has 1 atom stereocenters. The zero-order valence-electron chi connectivity index (χ0n) is 13.3. The highest BCUT2D eigenvalue weighted by Gasteiger charge is 2.35. The molecule has 0 amide bonds. The maximum atomic E-state index is 12.7. The van der Waals surface area contributed by atoms with Gasteiger partial charge in [-0.25, -0.2) is 18.4 Å². The van der Waals surface area contributed by atoms with Crippen LogP contribution in [0, 0.1) is 0 Å². The lowest BCUT2D eigenvalue weighted by Crippen LogP contribution is -2.29. The first-order chi connectivity index (χ1) is 11.6. The second-order valence-corrected chi connectivity index (χ2v) is 8.95. The van der Waals surface area contributed by atoms with Gasteiger partial charge in [0, 0.05) is 25.7 Å². The standard InChI is InChI=1S/C16H18N4O2S2/c1-2-14-18-13-5-3-8-17-16(13)20(14)12-7-9-19(11-12)24(21,22)15-6-4-10-23-15/h3-6,8,10,12H,2,7,9,11H2,1H3/t12-/m1/s1. The summed E-state index contributed by atoms with van der Waals surface area (Å²) in [5.74, 6) is 0.962. The number of aryl methyl sites for hydroxylation is 1. The summed E-state index contributed by atoms with van der Waals surface area (Å²) in [6.45, 7) is 3.06. The molecule has 24 heavy (non-hydrogen) atoms. The van der Waals surface area contributed by atoms with E-state index in [2.05, 4.69) is 21.5 Å². The van der Waals surface area contributed by atoms with E-state index >= 15 is 0 Å². The molecule has 0 saturated carbocycles. The minimum absolute atomic E-state index is 0.0783. The first-order valence-corrected chi connectivity index (χ1v) is 10.3. The molecular formula is C16H18N4O2S2. The number of fused-ring (bicyclic) bond motifs is 1. The molecule has 3 aromatic rings. The van der Waals surface area contributed by atoms with Crippen molar-refractivity contribution in [2.45, 2.75) is 30.0 Å². The molecule has 0 unspecified atom stereocenters. The maximum Gasteiger partial charge on any atom is 0.252 e. The Balaban J connectivity index is 1.69. The fraction of sp³-hybridized carbons (Fsp3) is 0.375. The molecule has 6 nitrogen and oxygen atoms in total. The number of thiophene rings is 1. The summed E-state index contributed by atoms with van der Waals surface area (Å²) in [4.78, 5) is 9.11. The normalized spacial score (nSPS) is 19.3. The summed E-state index contributed by atoms with van der Waals surface area (Å²) in [6.07, 6.45) is 3.33. The van der Waals surface area contributed by atoms with Gasteiger partial charge in [0.15, 0.2) is 5.65 Å². The Morgan fingerprint density at radius 3 is 2.96 bits per heavy atom. The van der Waals surface area contributed by atoms with Gasteiger partial charge in [-0.05, 0) is 30.0 Å². The van der Waals surface area contributed by atoms with Crippen molar-refractivity contribution < 1.29 is 8.42 Å². The van der Waals surface area contributed by atoms with E-state index in [1.165, 1.54) is 11.3 Å². The van der Waals surface area contributed by atoms with E-state index in [-0.39, 0.29) is 6.04 Å². The summed E-state index contributed by atoms with van der Waals surface area (Å²) >= 11 is 1.26. The number of pyridine rings is 1. The minimum atomic E-state index is -3.39. The van der Waals surface area contributed by atoms with Gasteiger partial charge in [-0.3, -0.25) is 0 Å². The van der Waals surface area contributed by atoms with Gasteiger partial charge in [0.05, 0.1) is 6.04 Å². The second-order valence-electron chi connectivity index (χ2n) is 5.84. The predicted molar refractivity (Wildman–Crippen MR) is 93.6 cm³/mol. The Kier molecular flexibility index (Phi) is 3.90. The van der Waals surface area contributed by atoms with E-state index in [1.54, 1.807) is 28.0 Å². The van der Waals surface area contributed by atoms with Crippen molar-refractivity contribution in [2.24, 2.45) is 0 Å². The first kappa shape index (κ1) is 15.7. The van der Waals surface area contributed by atoms with Gasteiger partial charge in [0.25, 0.3) is 10.0 Å². The zero-order chi connectivity index (χ0) is 16.7. The SMILES string of the molecule is CCc1nc2cccnc2n1[C@@H]1CCN(S(=O)(=O)c2cccs2)C1. The van der Waals surface area contributed by atoms with E-state index in [0.29, 0.717) is 17.3 Å². The van der Waals surface area contributed by atoms with Gasteiger partial charge in [0.2, 0.25) is 0 Å². The van der Waals surface area contributed by atoms with Crippen molar-refractivity contribution in [1.82, 2.24) is 18.8 Å². The van der Waals surface area contributed by atoms with Gasteiger partial charge in [-0.2, -0.15) is 4.31 Å². The van der Waals surface area contributed by atoms with E-state index in [1.807, 2.05) is 12.1 Å². The lowest BCUT2D eigenvalue weighted by atomic mass is 10.2. The lowest BCUT2D eigenvalue weighted by Gasteiger charge is -2.17. The Hall–Kier alpha value is -1.77. The first-order valence-electron chi connectivity index (χ1n) is 7.96. The molecule has 0 spiro atoms. The summed E-state index contributed by atoms with van der Waals surface area (Å²) in [6, 6.07) is 7.34. The van der Waals surface area contributed by atoms with Crippen LogP contribution in [0.4, 0.5) is 0 Å². The third kappa shape index (κ3) is 2.45. The quantitative estimate of drug-likeness (QED) is 0.716. The third-order valence-electron chi connectivity index (χ3n) is 4.42. The molecule has 1 saturated heterocycles. The maximum absolute atomic E-state index is 12.7. The number of rotatable bonds is 4. The minimum Gasteiger partial charge on any atom is -0.308 e. The number of sulfonamides is 1. The molecule has 3 aromatic heterocycles. The van der Waals surface area contributed by atoms with Gasteiger partial charge in [0.1, 0.15) is 15.6 Å². The molecule has 1 aliphatic rings. The van der Waals surface area contributed by atoms with Crippen LogP contribution in [0.25, 0.3) is 11.2 Å². The van der Waals surface area contributed by atoms with Gasteiger partial charge < -0.3 is 4.57 Å². The van der Waals surface area contributed by atoms with Crippen LogP contribution in [0.15, 0.2) is 40.1 Å². The summed E-state index contributed by atoms with van der Waals surface area (Å²) < 4.78 is 29.6. The number of hydrogen-bond acceptors (Lipinski definition) is 5. The van der Waals surface area contributed by atoms with Crippen molar-refractivity contribution in [2.75, 3.05) is 13.1 Å². The Morgan fingerprint density at radius 1 is 1.33 bits per heavy atom. The highest BCUT2D eigenvalue weighted by Crippen LogP contribution is 2.32. The predicted octanol–water partition coefficient (Wildman–Crippen LogP) is 2.69. The second kappa shape index (κ2) is 5.94. The van der Waals surface area contributed by atoms with Crippen LogP contribution in [0.1, 0.15) is 25.2 Å². The fourth-order valence-corrected chi connectivity index (χ4v) is 5.92. The average molecular weight is 362 g/mol. The average Bonchev–Trinajstić information content (AvgIpc) is 3.31. The number of nitrogens with zero attached hydrogens (tertiary/aromatic N) is 4. The number of aromatic nitrogens is 3. The molecule has 126 valence electrons. The van der Waals surface area contributed by atoms with Crippen molar-refractivity contribution in [1.29, 1.82) is 0 Å². The molecule has 0 aromatic carbocycles. The van der Waals surface area contributed by atoms with E-state index in [9.17, 15) is 8.42 Å². The Labute approximate surface area is 144 Å². The molecule has 8 heteroatoms. The highest BCUT2D eigenvalue weighted by atomic mass is 32.2. The molecule has 1 fully saturated rings.